The van der Waals surface area contributed by atoms with Crippen molar-refractivity contribution in [2.75, 3.05) is 10.6 Å². The summed E-state index contributed by atoms with van der Waals surface area (Å²) >= 11 is 1.75. The number of benzene rings is 2. The van der Waals surface area contributed by atoms with Gasteiger partial charge in [-0.05, 0) is 43.2 Å². The monoisotopic (exact) mass is 323 g/mol. The van der Waals surface area contributed by atoms with Gasteiger partial charge in [0.05, 0.1) is 10.2 Å². The molecule has 0 atom stereocenters. The van der Waals surface area contributed by atoms with Crippen LogP contribution in [0.15, 0.2) is 48.5 Å². The van der Waals surface area contributed by atoms with Crippen LogP contribution in [0, 0.1) is 0 Å². The molecule has 4 rings (SSSR count). The topological polar surface area (TPSA) is 37.0 Å². The van der Waals surface area contributed by atoms with Crippen LogP contribution in [0.5, 0.6) is 0 Å². The van der Waals surface area contributed by atoms with Crippen molar-refractivity contribution in [2.45, 2.75) is 38.1 Å². The minimum Gasteiger partial charge on any atom is -0.359 e. The zero-order valence-electron chi connectivity index (χ0n) is 13.1. The van der Waals surface area contributed by atoms with Crippen molar-refractivity contribution in [3.63, 3.8) is 0 Å². The molecule has 23 heavy (non-hydrogen) atoms. The quantitative estimate of drug-likeness (QED) is 0.638. The zero-order chi connectivity index (χ0) is 15.5. The van der Waals surface area contributed by atoms with Crippen LogP contribution in [-0.4, -0.2) is 11.0 Å². The van der Waals surface area contributed by atoms with Crippen LogP contribution in [0.2, 0.25) is 0 Å². The van der Waals surface area contributed by atoms with Crippen molar-refractivity contribution < 1.29 is 0 Å². The van der Waals surface area contributed by atoms with Gasteiger partial charge in [-0.15, -0.1) is 0 Å². The molecule has 0 saturated heterocycles. The third-order valence-electron chi connectivity index (χ3n) is 4.38. The summed E-state index contributed by atoms with van der Waals surface area (Å²) in [5.74, 6) is 0. The fourth-order valence-corrected chi connectivity index (χ4v) is 4.16. The zero-order valence-corrected chi connectivity index (χ0v) is 13.9. The van der Waals surface area contributed by atoms with Gasteiger partial charge in [0.15, 0.2) is 5.13 Å². The third kappa shape index (κ3) is 3.48. The largest absolute Gasteiger partial charge is 0.359 e. The average molecular weight is 323 g/mol. The van der Waals surface area contributed by atoms with Gasteiger partial charge in [-0.3, -0.25) is 0 Å². The van der Waals surface area contributed by atoms with Crippen LogP contribution in [0.25, 0.3) is 10.2 Å². The van der Waals surface area contributed by atoms with Crippen molar-refractivity contribution in [3.05, 3.63) is 48.5 Å². The van der Waals surface area contributed by atoms with Crippen LogP contribution in [0.4, 0.5) is 16.5 Å². The summed E-state index contributed by atoms with van der Waals surface area (Å²) in [6.07, 6.45) is 6.61. The molecule has 1 saturated carbocycles. The molecule has 0 bridgehead atoms. The number of hydrogen-bond acceptors (Lipinski definition) is 4. The van der Waals surface area contributed by atoms with Crippen LogP contribution in [0.3, 0.4) is 0 Å². The summed E-state index contributed by atoms with van der Waals surface area (Å²) in [5, 5.41) is 8.13. The molecule has 1 aliphatic carbocycles. The maximum Gasteiger partial charge on any atom is 0.184 e. The van der Waals surface area contributed by atoms with Gasteiger partial charge in [0, 0.05) is 17.4 Å². The van der Waals surface area contributed by atoms with Gasteiger partial charge >= 0.3 is 0 Å². The van der Waals surface area contributed by atoms with E-state index in [2.05, 4.69) is 41.0 Å². The molecule has 0 unspecified atom stereocenters. The first kappa shape index (κ1) is 14.5. The standard InChI is InChI=1S/C19H21N3S/c1-3-7-14(8-4-1)20-16-11-12-17-18(13-16)23-19(22-17)21-15-9-5-2-6-10-15/h1,3-4,7-8,11-13,15,20H,2,5-6,9-10H2,(H,21,22). The molecule has 0 spiro atoms. The number of anilines is 3. The minimum atomic E-state index is 0.603. The molecular weight excluding hydrogens is 302 g/mol. The normalized spacial score (nSPS) is 15.7. The fourth-order valence-electron chi connectivity index (χ4n) is 3.17. The smallest absolute Gasteiger partial charge is 0.184 e. The highest BCUT2D eigenvalue weighted by molar-refractivity contribution is 7.22. The van der Waals surface area contributed by atoms with Gasteiger partial charge in [-0.1, -0.05) is 48.8 Å². The maximum atomic E-state index is 4.73. The molecule has 4 heteroatoms. The molecule has 1 aliphatic rings. The lowest BCUT2D eigenvalue weighted by molar-refractivity contribution is 0.462. The SMILES string of the molecule is c1ccc(Nc2ccc3nc(NC4CCCCC4)sc3c2)cc1. The van der Waals surface area contributed by atoms with Gasteiger partial charge in [0.2, 0.25) is 0 Å². The molecule has 3 aromatic rings. The Balaban J connectivity index is 1.52. The number of fused-ring (bicyclic) bond motifs is 1. The molecule has 0 amide bonds. The van der Waals surface area contributed by atoms with E-state index in [-0.39, 0.29) is 0 Å². The Morgan fingerprint density at radius 2 is 1.74 bits per heavy atom. The molecule has 118 valence electrons. The van der Waals surface area contributed by atoms with Crippen molar-refractivity contribution in [1.29, 1.82) is 0 Å². The lowest BCUT2D eigenvalue weighted by atomic mass is 9.96. The first-order valence-electron chi connectivity index (χ1n) is 8.36. The number of rotatable bonds is 4. The molecule has 1 heterocycles. The van der Waals surface area contributed by atoms with Gasteiger partial charge in [0.1, 0.15) is 0 Å². The third-order valence-corrected chi connectivity index (χ3v) is 5.33. The molecular formula is C19H21N3S. The average Bonchev–Trinajstić information content (AvgIpc) is 2.98. The van der Waals surface area contributed by atoms with E-state index in [0.717, 1.165) is 22.0 Å². The van der Waals surface area contributed by atoms with Crippen LogP contribution < -0.4 is 10.6 Å². The Hall–Kier alpha value is -2.07. The van der Waals surface area contributed by atoms with Gasteiger partial charge in [-0.25, -0.2) is 4.98 Å². The molecule has 1 aromatic heterocycles. The number of aromatic nitrogens is 1. The van der Waals surface area contributed by atoms with Crippen molar-refractivity contribution in [1.82, 2.24) is 4.98 Å². The molecule has 1 fully saturated rings. The van der Waals surface area contributed by atoms with Crippen LogP contribution in [-0.2, 0) is 0 Å². The van der Waals surface area contributed by atoms with E-state index >= 15 is 0 Å². The second-order valence-electron chi connectivity index (χ2n) is 6.17. The second kappa shape index (κ2) is 6.59. The number of nitrogens with zero attached hydrogens (tertiary/aromatic N) is 1. The summed E-state index contributed by atoms with van der Waals surface area (Å²) in [6, 6.07) is 17.3. The van der Waals surface area contributed by atoms with Crippen molar-refractivity contribution in [3.8, 4) is 0 Å². The highest BCUT2D eigenvalue weighted by Gasteiger charge is 2.15. The van der Waals surface area contributed by atoms with E-state index < -0.39 is 0 Å². The summed E-state index contributed by atoms with van der Waals surface area (Å²) < 4.78 is 1.23. The van der Waals surface area contributed by atoms with E-state index in [0.29, 0.717) is 6.04 Å². The highest BCUT2D eigenvalue weighted by Crippen LogP contribution is 2.31. The van der Waals surface area contributed by atoms with Crippen molar-refractivity contribution >= 4 is 38.1 Å². The predicted molar refractivity (Wildman–Crippen MR) is 99.8 cm³/mol. The van der Waals surface area contributed by atoms with Crippen LogP contribution in [0.1, 0.15) is 32.1 Å². The number of thiazole rings is 1. The first-order chi connectivity index (χ1) is 11.4. The summed E-state index contributed by atoms with van der Waals surface area (Å²) in [5.41, 5.74) is 3.29. The first-order valence-corrected chi connectivity index (χ1v) is 9.18. The fraction of sp³-hybridized carbons (Fsp3) is 0.316. The van der Waals surface area contributed by atoms with Crippen molar-refractivity contribution in [2.24, 2.45) is 0 Å². The number of para-hydroxylation sites is 1. The number of nitrogens with one attached hydrogen (secondary N) is 2. The highest BCUT2D eigenvalue weighted by atomic mass is 32.1. The van der Waals surface area contributed by atoms with Gasteiger partial charge < -0.3 is 10.6 Å². The summed E-state index contributed by atoms with van der Waals surface area (Å²) in [6.45, 7) is 0. The van der Waals surface area contributed by atoms with E-state index in [4.69, 9.17) is 4.98 Å². The predicted octanol–water partition coefficient (Wildman–Crippen LogP) is 5.78. The van der Waals surface area contributed by atoms with E-state index in [1.807, 2.05) is 18.2 Å². The summed E-state index contributed by atoms with van der Waals surface area (Å²) in [7, 11) is 0. The van der Waals surface area contributed by atoms with E-state index in [1.165, 1.54) is 36.8 Å². The minimum absolute atomic E-state index is 0.603. The Kier molecular flexibility index (Phi) is 4.16. The molecule has 0 aliphatic heterocycles. The molecule has 2 aromatic carbocycles. The Bertz CT molecular complexity index is 776. The summed E-state index contributed by atoms with van der Waals surface area (Å²) in [4.78, 5) is 4.73. The Morgan fingerprint density at radius 3 is 2.57 bits per heavy atom. The Labute approximate surface area is 140 Å². The lowest BCUT2D eigenvalue weighted by Gasteiger charge is -2.22. The molecule has 0 radical (unpaired) electrons. The number of hydrogen-bond donors (Lipinski definition) is 2. The molecule has 3 nitrogen and oxygen atoms in total. The van der Waals surface area contributed by atoms with Crippen LogP contribution >= 0.6 is 11.3 Å². The Morgan fingerprint density at radius 1 is 0.913 bits per heavy atom. The lowest BCUT2D eigenvalue weighted by Crippen LogP contribution is -2.21. The van der Waals surface area contributed by atoms with E-state index in [1.54, 1.807) is 11.3 Å². The van der Waals surface area contributed by atoms with Gasteiger partial charge in [-0.2, -0.15) is 0 Å². The maximum absolute atomic E-state index is 4.73. The van der Waals surface area contributed by atoms with E-state index in [9.17, 15) is 0 Å². The second-order valence-corrected chi connectivity index (χ2v) is 7.20. The van der Waals surface area contributed by atoms with Gasteiger partial charge in [0.25, 0.3) is 0 Å². The molecule has 2 N–H and O–H groups in total.